The topological polar surface area (TPSA) is 56.7 Å². The zero-order chi connectivity index (χ0) is 11.5. The maximum Gasteiger partial charge on any atom is 0.122 e. The van der Waals surface area contributed by atoms with E-state index in [4.69, 9.17) is 5.73 Å². The van der Waals surface area contributed by atoms with Crippen LogP contribution in [0.15, 0.2) is 34.4 Å². The largest absolute Gasteiger partial charge is 0.395 e. The Balaban J connectivity index is 2.31. The summed E-state index contributed by atoms with van der Waals surface area (Å²) in [6.45, 7) is 2.06. The minimum Gasteiger partial charge on any atom is -0.395 e. The van der Waals surface area contributed by atoms with Gasteiger partial charge in [-0.15, -0.1) is 0 Å². The minimum atomic E-state index is 0.784. The summed E-state index contributed by atoms with van der Waals surface area (Å²) in [6, 6.07) is 3.92. The second-order valence-electron chi connectivity index (χ2n) is 3.43. The first-order chi connectivity index (χ1) is 7.72. The number of hydrogen-bond donors (Lipinski definition) is 1. The Morgan fingerprint density at radius 3 is 2.62 bits per heavy atom. The van der Waals surface area contributed by atoms with E-state index in [0.717, 1.165) is 27.7 Å². The highest BCUT2D eigenvalue weighted by Gasteiger charge is 2.12. The lowest BCUT2D eigenvalue weighted by atomic mass is 10.3. The molecule has 0 amide bonds. The van der Waals surface area contributed by atoms with Crippen molar-refractivity contribution in [3.8, 4) is 0 Å². The van der Waals surface area contributed by atoms with E-state index in [1.54, 1.807) is 24.2 Å². The number of nitrogens with zero attached hydrogens (tertiary/aromatic N) is 3. The maximum absolute atomic E-state index is 6.04. The number of nitrogens with two attached hydrogens (primary N) is 1. The fourth-order valence-corrected chi connectivity index (χ4v) is 2.36. The molecule has 0 aliphatic carbocycles. The summed E-state index contributed by atoms with van der Waals surface area (Å²) in [5.74, 6) is 0. The Bertz CT molecular complexity index is 478. The van der Waals surface area contributed by atoms with Crippen molar-refractivity contribution in [2.75, 3.05) is 5.73 Å². The first-order valence-electron chi connectivity index (χ1n) is 5.11. The molecular formula is C11H14N4S. The van der Waals surface area contributed by atoms with Gasteiger partial charge in [0.25, 0.3) is 0 Å². The second kappa shape index (κ2) is 4.57. The maximum atomic E-state index is 6.04. The number of nitrogen functional groups attached to an aromatic ring is 1. The highest BCUT2D eigenvalue weighted by Crippen LogP contribution is 2.33. The van der Waals surface area contributed by atoms with Crippen molar-refractivity contribution in [1.29, 1.82) is 0 Å². The predicted octanol–water partition coefficient (Wildman–Crippen LogP) is 2.11. The van der Waals surface area contributed by atoms with Gasteiger partial charge in [0.05, 0.1) is 11.4 Å². The average molecular weight is 234 g/mol. The van der Waals surface area contributed by atoms with Gasteiger partial charge in [0.15, 0.2) is 0 Å². The van der Waals surface area contributed by atoms with Gasteiger partial charge in [-0.2, -0.15) is 5.10 Å². The standard InChI is InChI=1S/C11H14N4S/c1-3-9-10(12)11(15(2)14-9)16-8-4-6-13-7-5-8/h4-7H,3,12H2,1-2H3. The van der Waals surface area contributed by atoms with Crippen LogP contribution in [0.5, 0.6) is 0 Å². The third kappa shape index (κ3) is 2.04. The molecule has 0 aliphatic rings. The lowest BCUT2D eigenvalue weighted by molar-refractivity contribution is 0.687. The quantitative estimate of drug-likeness (QED) is 0.883. The van der Waals surface area contributed by atoms with E-state index >= 15 is 0 Å². The molecule has 0 aromatic carbocycles. The number of aromatic nitrogens is 3. The molecule has 0 saturated heterocycles. The summed E-state index contributed by atoms with van der Waals surface area (Å²) in [4.78, 5) is 5.10. The number of aryl methyl sites for hydroxylation is 2. The number of hydrogen-bond acceptors (Lipinski definition) is 4. The van der Waals surface area contributed by atoms with Crippen LogP contribution in [0.3, 0.4) is 0 Å². The molecule has 2 N–H and O–H groups in total. The molecule has 2 aromatic heterocycles. The molecule has 0 radical (unpaired) electrons. The van der Waals surface area contributed by atoms with Gasteiger partial charge in [0.1, 0.15) is 5.03 Å². The zero-order valence-electron chi connectivity index (χ0n) is 9.34. The van der Waals surface area contributed by atoms with Crippen LogP contribution < -0.4 is 5.73 Å². The first-order valence-corrected chi connectivity index (χ1v) is 5.93. The van der Waals surface area contributed by atoms with Crippen molar-refractivity contribution in [1.82, 2.24) is 14.8 Å². The van der Waals surface area contributed by atoms with Gasteiger partial charge < -0.3 is 5.73 Å². The summed E-state index contributed by atoms with van der Waals surface area (Å²) >= 11 is 1.61. The Labute approximate surface area is 98.9 Å². The summed E-state index contributed by atoms with van der Waals surface area (Å²) in [5.41, 5.74) is 7.78. The van der Waals surface area contributed by atoms with Crippen LogP contribution in [0, 0.1) is 0 Å². The average Bonchev–Trinajstić information content (AvgIpc) is 2.58. The second-order valence-corrected chi connectivity index (χ2v) is 4.49. The van der Waals surface area contributed by atoms with Gasteiger partial charge in [0.2, 0.25) is 0 Å². The van der Waals surface area contributed by atoms with Crippen molar-refractivity contribution in [3.63, 3.8) is 0 Å². The zero-order valence-corrected chi connectivity index (χ0v) is 10.2. The summed E-state index contributed by atoms with van der Waals surface area (Å²) < 4.78 is 1.83. The third-order valence-electron chi connectivity index (χ3n) is 2.31. The van der Waals surface area contributed by atoms with Crippen molar-refractivity contribution in [2.24, 2.45) is 7.05 Å². The molecular weight excluding hydrogens is 220 g/mol. The molecule has 16 heavy (non-hydrogen) atoms. The number of rotatable bonds is 3. The van der Waals surface area contributed by atoms with Crippen molar-refractivity contribution in [3.05, 3.63) is 30.2 Å². The molecule has 0 aliphatic heterocycles. The van der Waals surface area contributed by atoms with Gasteiger partial charge in [-0.1, -0.05) is 18.7 Å². The number of pyridine rings is 1. The predicted molar refractivity (Wildman–Crippen MR) is 65.4 cm³/mol. The fourth-order valence-electron chi connectivity index (χ4n) is 1.48. The molecule has 0 spiro atoms. The monoisotopic (exact) mass is 234 g/mol. The lowest BCUT2D eigenvalue weighted by Gasteiger charge is -2.02. The van der Waals surface area contributed by atoms with E-state index in [2.05, 4.69) is 17.0 Å². The highest BCUT2D eigenvalue weighted by molar-refractivity contribution is 7.99. The molecule has 0 bridgehead atoms. The van der Waals surface area contributed by atoms with E-state index in [1.807, 2.05) is 23.9 Å². The van der Waals surface area contributed by atoms with Gasteiger partial charge in [-0.25, -0.2) is 0 Å². The van der Waals surface area contributed by atoms with Crippen molar-refractivity contribution >= 4 is 17.4 Å². The van der Waals surface area contributed by atoms with Crippen LogP contribution in [0.2, 0.25) is 0 Å². The lowest BCUT2D eigenvalue weighted by Crippen LogP contribution is -1.93. The molecule has 0 unspecified atom stereocenters. The smallest absolute Gasteiger partial charge is 0.122 e. The Morgan fingerprint density at radius 2 is 2.06 bits per heavy atom. The molecule has 2 rings (SSSR count). The van der Waals surface area contributed by atoms with Crippen LogP contribution >= 0.6 is 11.8 Å². The van der Waals surface area contributed by atoms with Crippen LogP contribution in [-0.2, 0) is 13.5 Å². The normalized spacial score (nSPS) is 10.6. The fraction of sp³-hybridized carbons (Fsp3) is 0.273. The van der Waals surface area contributed by atoms with Gasteiger partial charge >= 0.3 is 0 Å². The molecule has 2 aromatic rings. The molecule has 0 atom stereocenters. The van der Waals surface area contributed by atoms with Crippen LogP contribution in [0.25, 0.3) is 0 Å². The van der Waals surface area contributed by atoms with E-state index in [1.165, 1.54) is 0 Å². The summed E-state index contributed by atoms with van der Waals surface area (Å²) in [5, 5.41) is 5.37. The minimum absolute atomic E-state index is 0.784. The van der Waals surface area contributed by atoms with Gasteiger partial charge in [-0.05, 0) is 18.6 Å². The van der Waals surface area contributed by atoms with E-state index in [9.17, 15) is 0 Å². The Morgan fingerprint density at radius 1 is 1.38 bits per heavy atom. The van der Waals surface area contributed by atoms with Crippen molar-refractivity contribution in [2.45, 2.75) is 23.3 Å². The number of anilines is 1. The van der Waals surface area contributed by atoms with E-state index < -0.39 is 0 Å². The highest BCUT2D eigenvalue weighted by atomic mass is 32.2. The summed E-state index contributed by atoms with van der Waals surface area (Å²) in [7, 11) is 1.92. The molecule has 2 heterocycles. The van der Waals surface area contributed by atoms with Gasteiger partial charge in [0, 0.05) is 24.3 Å². The van der Waals surface area contributed by atoms with Crippen molar-refractivity contribution < 1.29 is 0 Å². The van der Waals surface area contributed by atoms with Crippen LogP contribution in [-0.4, -0.2) is 14.8 Å². The van der Waals surface area contributed by atoms with E-state index in [0.29, 0.717) is 0 Å². The molecule has 5 heteroatoms. The molecule has 0 saturated carbocycles. The van der Waals surface area contributed by atoms with Crippen LogP contribution in [0.1, 0.15) is 12.6 Å². The first kappa shape index (κ1) is 11.0. The Kier molecular flexibility index (Phi) is 3.14. The summed E-state index contributed by atoms with van der Waals surface area (Å²) in [6.07, 6.45) is 4.40. The SMILES string of the molecule is CCc1nn(C)c(Sc2ccncc2)c1N. The Hall–Kier alpha value is -1.49. The van der Waals surface area contributed by atoms with E-state index in [-0.39, 0.29) is 0 Å². The van der Waals surface area contributed by atoms with Gasteiger partial charge in [-0.3, -0.25) is 9.67 Å². The molecule has 4 nitrogen and oxygen atoms in total. The molecule has 0 fully saturated rings. The third-order valence-corrected chi connectivity index (χ3v) is 3.49. The van der Waals surface area contributed by atoms with Crippen LogP contribution in [0.4, 0.5) is 5.69 Å². The molecule has 84 valence electrons.